The van der Waals surface area contributed by atoms with E-state index in [-0.39, 0.29) is 16.2 Å². The van der Waals surface area contributed by atoms with Gasteiger partial charge in [-0.05, 0) is 46.3 Å². The molecule has 1 aromatic carbocycles. The fourth-order valence-electron chi connectivity index (χ4n) is 1.74. The van der Waals surface area contributed by atoms with Gasteiger partial charge in [-0.3, -0.25) is 4.79 Å². The van der Waals surface area contributed by atoms with Crippen LogP contribution >= 0.6 is 27.3 Å². The van der Waals surface area contributed by atoms with E-state index in [1.807, 2.05) is 0 Å². The summed E-state index contributed by atoms with van der Waals surface area (Å²) in [5.74, 6) is -1.08. The van der Waals surface area contributed by atoms with E-state index in [0.717, 1.165) is 8.09 Å². The minimum Gasteiger partial charge on any atom is -0.454 e. The first-order chi connectivity index (χ1) is 11.2. The highest BCUT2D eigenvalue weighted by atomic mass is 79.9. The molecule has 1 heterocycles. The third kappa shape index (κ3) is 4.29. The standard InChI is InChI=1S/C15H14BrNO5S2/c1-17(2)24(20,21)11-5-3-4-10(8-11)15(19)22-9-12(18)13-6-7-14(16)23-13/h3-8H,9H2,1-2H3. The summed E-state index contributed by atoms with van der Waals surface area (Å²) in [7, 11) is -0.847. The lowest BCUT2D eigenvalue weighted by molar-refractivity contribution is 0.0475. The Morgan fingerprint density at radius 1 is 1.21 bits per heavy atom. The van der Waals surface area contributed by atoms with Gasteiger partial charge < -0.3 is 4.74 Å². The number of hydrogen-bond donors (Lipinski definition) is 0. The minimum atomic E-state index is -3.65. The van der Waals surface area contributed by atoms with E-state index < -0.39 is 22.6 Å². The lowest BCUT2D eigenvalue weighted by atomic mass is 10.2. The molecule has 24 heavy (non-hydrogen) atoms. The summed E-state index contributed by atoms with van der Waals surface area (Å²) < 4.78 is 31.0. The SMILES string of the molecule is CN(C)S(=O)(=O)c1cccc(C(=O)OCC(=O)c2ccc(Br)s2)c1. The Morgan fingerprint density at radius 3 is 2.50 bits per heavy atom. The van der Waals surface area contributed by atoms with Crippen molar-refractivity contribution in [3.63, 3.8) is 0 Å². The Hall–Kier alpha value is -1.55. The monoisotopic (exact) mass is 431 g/mol. The van der Waals surface area contributed by atoms with Crippen LogP contribution in [0, 0.1) is 0 Å². The van der Waals surface area contributed by atoms with Crippen LogP contribution in [-0.4, -0.2) is 45.2 Å². The molecule has 0 spiro atoms. The zero-order valence-electron chi connectivity index (χ0n) is 12.9. The number of nitrogens with zero attached hydrogens (tertiary/aromatic N) is 1. The summed E-state index contributed by atoms with van der Waals surface area (Å²) in [5, 5.41) is 0. The molecular formula is C15H14BrNO5S2. The van der Waals surface area contributed by atoms with Crippen LogP contribution < -0.4 is 0 Å². The molecule has 9 heteroatoms. The molecule has 0 atom stereocenters. The quantitative estimate of drug-likeness (QED) is 0.518. The number of carbonyl (C=O) groups excluding carboxylic acids is 2. The number of carbonyl (C=O) groups is 2. The average Bonchev–Trinajstić information content (AvgIpc) is 2.98. The Labute approximate surface area is 152 Å². The molecule has 2 rings (SSSR count). The van der Waals surface area contributed by atoms with Gasteiger partial charge in [0, 0.05) is 14.1 Å². The van der Waals surface area contributed by atoms with Crippen LogP contribution in [-0.2, 0) is 14.8 Å². The predicted molar refractivity (Wildman–Crippen MR) is 93.9 cm³/mol. The molecule has 6 nitrogen and oxygen atoms in total. The Kier molecular flexibility index (Phi) is 5.92. The maximum atomic E-state index is 12.1. The third-order valence-electron chi connectivity index (χ3n) is 3.03. The van der Waals surface area contributed by atoms with Crippen LogP contribution in [0.4, 0.5) is 0 Å². The van der Waals surface area contributed by atoms with Gasteiger partial charge in [0.15, 0.2) is 6.61 Å². The summed E-state index contributed by atoms with van der Waals surface area (Å²) in [4.78, 5) is 24.4. The second-order valence-electron chi connectivity index (χ2n) is 4.92. The predicted octanol–water partition coefficient (Wildman–Crippen LogP) is 2.80. The lowest BCUT2D eigenvalue weighted by Gasteiger charge is -2.12. The summed E-state index contributed by atoms with van der Waals surface area (Å²) in [5.41, 5.74) is 0.0677. The molecule has 0 N–H and O–H groups in total. The number of Topliss-reactive ketones (excluding diaryl/α,β-unsaturated/α-hetero) is 1. The van der Waals surface area contributed by atoms with Gasteiger partial charge in [-0.15, -0.1) is 11.3 Å². The van der Waals surface area contributed by atoms with Crippen molar-refractivity contribution in [1.29, 1.82) is 0 Å². The van der Waals surface area contributed by atoms with Crippen LogP contribution in [0.1, 0.15) is 20.0 Å². The van der Waals surface area contributed by atoms with Gasteiger partial charge in [0.1, 0.15) is 0 Å². The number of ketones is 1. The van der Waals surface area contributed by atoms with Crippen molar-refractivity contribution < 1.29 is 22.7 Å². The smallest absolute Gasteiger partial charge is 0.338 e. The summed E-state index contributed by atoms with van der Waals surface area (Å²) in [6.45, 7) is -0.406. The van der Waals surface area contributed by atoms with Crippen molar-refractivity contribution in [3.05, 3.63) is 50.6 Å². The van der Waals surface area contributed by atoms with Gasteiger partial charge in [0.2, 0.25) is 15.8 Å². The van der Waals surface area contributed by atoms with Crippen LogP contribution in [0.2, 0.25) is 0 Å². The number of thiophene rings is 1. The molecule has 1 aromatic heterocycles. The largest absolute Gasteiger partial charge is 0.454 e. The van der Waals surface area contributed by atoms with Gasteiger partial charge in [-0.25, -0.2) is 17.5 Å². The maximum Gasteiger partial charge on any atom is 0.338 e. The molecule has 0 radical (unpaired) electrons. The highest BCUT2D eigenvalue weighted by Gasteiger charge is 2.20. The first-order valence-corrected chi connectivity index (χ1v) is 9.75. The fraction of sp³-hybridized carbons (Fsp3) is 0.200. The molecule has 0 fully saturated rings. The van der Waals surface area contributed by atoms with Crippen molar-refractivity contribution in [2.75, 3.05) is 20.7 Å². The number of sulfonamides is 1. The summed E-state index contributed by atoms with van der Waals surface area (Å²) in [6.07, 6.45) is 0. The topological polar surface area (TPSA) is 80.8 Å². The van der Waals surface area contributed by atoms with Crippen LogP contribution in [0.25, 0.3) is 0 Å². The molecule has 0 aliphatic carbocycles. The van der Waals surface area contributed by atoms with Crippen molar-refractivity contribution in [1.82, 2.24) is 4.31 Å². The fourth-order valence-corrected chi connectivity index (χ4v) is 4.00. The van der Waals surface area contributed by atoms with Gasteiger partial charge in [0.05, 0.1) is 19.1 Å². The van der Waals surface area contributed by atoms with E-state index in [2.05, 4.69) is 15.9 Å². The average molecular weight is 432 g/mol. The first-order valence-electron chi connectivity index (χ1n) is 6.70. The minimum absolute atomic E-state index is 0.0181. The second kappa shape index (κ2) is 7.56. The van der Waals surface area contributed by atoms with Crippen LogP contribution in [0.3, 0.4) is 0 Å². The Morgan fingerprint density at radius 2 is 1.92 bits per heavy atom. The number of esters is 1. The number of hydrogen-bond acceptors (Lipinski definition) is 6. The van der Waals surface area contributed by atoms with E-state index in [1.54, 1.807) is 12.1 Å². The third-order valence-corrected chi connectivity index (χ3v) is 6.51. The molecule has 0 aliphatic heterocycles. The van der Waals surface area contributed by atoms with Crippen molar-refractivity contribution in [2.24, 2.45) is 0 Å². The lowest BCUT2D eigenvalue weighted by Crippen LogP contribution is -2.22. The van der Waals surface area contributed by atoms with Gasteiger partial charge in [-0.2, -0.15) is 0 Å². The second-order valence-corrected chi connectivity index (χ2v) is 9.53. The van der Waals surface area contributed by atoms with E-state index in [0.29, 0.717) is 4.88 Å². The van der Waals surface area contributed by atoms with Crippen molar-refractivity contribution >= 4 is 49.0 Å². The zero-order valence-corrected chi connectivity index (χ0v) is 16.1. The molecular weight excluding hydrogens is 418 g/mol. The molecule has 128 valence electrons. The summed E-state index contributed by atoms with van der Waals surface area (Å²) >= 11 is 4.50. The van der Waals surface area contributed by atoms with Gasteiger partial charge >= 0.3 is 5.97 Å². The molecule has 0 saturated carbocycles. The first kappa shape index (κ1) is 18.8. The van der Waals surface area contributed by atoms with E-state index in [9.17, 15) is 18.0 Å². The number of ether oxygens (including phenoxy) is 1. The molecule has 0 saturated heterocycles. The summed E-state index contributed by atoms with van der Waals surface area (Å²) in [6, 6.07) is 8.86. The Bertz CT molecular complexity index is 873. The molecule has 0 aliphatic rings. The highest BCUT2D eigenvalue weighted by molar-refractivity contribution is 9.11. The maximum absolute atomic E-state index is 12.1. The molecule has 0 unspecified atom stereocenters. The molecule has 2 aromatic rings. The normalized spacial score (nSPS) is 11.5. The highest BCUT2D eigenvalue weighted by Crippen LogP contribution is 2.22. The molecule has 0 amide bonds. The van der Waals surface area contributed by atoms with E-state index in [4.69, 9.17) is 4.74 Å². The molecule has 0 bridgehead atoms. The van der Waals surface area contributed by atoms with Crippen LogP contribution in [0.5, 0.6) is 0 Å². The Balaban J connectivity index is 2.09. The van der Waals surface area contributed by atoms with Crippen molar-refractivity contribution in [3.8, 4) is 0 Å². The van der Waals surface area contributed by atoms with Crippen LogP contribution in [0.15, 0.2) is 45.1 Å². The van der Waals surface area contributed by atoms with Gasteiger partial charge in [0.25, 0.3) is 0 Å². The number of halogens is 1. The number of rotatable bonds is 6. The zero-order chi connectivity index (χ0) is 17.9. The van der Waals surface area contributed by atoms with Crippen molar-refractivity contribution in [2.45, 2.75) is 4.90 Å². The van der Waals surface area contributed by atoms with Gasteiger partial charge in [-0.1, -0.05) is 6.07 Å². The van der Waals surface area contributed by atoms with E-state index in [1.165, 1.54) is 49.7 Å². The number of benzene rings is 1. The van der Waals surface area contributed by atoms with E-state index >= 15 is 0 Å².